The van der Waals surface area contributed by atoms with Gasteiger partial charge in [0.25, 0.3) is 0 Å². The highest BCUT2D eigenvalue weighted by atomic mass is 19.1. The van der Waals surface area contributed by atoms with Crippen LogP contribution in [0.1, 0.15) is 17.6 Å². The molecule has 0 atom stereocenters. The normalized spacial score (nSPS) is 10.3. The van der Waals surface area contributed by atoms with Gasteiger partial charge in [-0.2, -0.15) is 0 Å². The number of aromatic nitrogens is 2. The molecule has 94 valence electrons. The zero-order valence-corrected chi connectivity index (χ0v) is 9.75. The van der Waals surface area contributed by atoms with Crippen molar-refractivity contribution in [1.29, 1.82) is 0 Å². The van der Waals surface area contributed by atoms with Crippen molar-refractivity contribution in [2.45, 2.75) is 12.8 Å². The highest BCUT2D eigenvalue weighted by Crippen LogP contribution is 2.12. The SMILES string of the molecule is O=C(CCCOc1cccc(F)c1)n1ccnc1. The lowest BCUT2D eigenvalue weighted by Crippen LogP contribution is -2.10. The van der Waals surface area contributed by atoms with Gasteiger partial charge >= 0.3 is 0 Å². The number of nitrogens with zero attached hydrogens (tertiary/aromatic N) is 2. The van der Waals surface area contributed by atoms with Crippen LogP contribution < -0.4 is 4.74 Å². The molecule has 2 rings (SSSR count). The Morgan fingerprint density at radius 2 is 2.33 bits per heavy atom. The lowest BCUT2D eigenvalue weighted by Gasteiger charge is -2.05. The molecule has 2 aromatic rings. The van der Waals surface area contributed by atoms with Crippen LogP contribution in [0, 0.1) is 5.82 Å². The van der Waals surface area contributed by atoms with Gasteiger partial charge in [0.2, 0.25) is 5.91 Å². The maximum absolute atomic E-state index is 12.8. The molecule has 0 unspecified atom stereocenters. The average Bonchev–Trinajstić information content (AvgIpc) is 2.88. The van der Waals surface area contributed by atoms with Gasteiger partial charge in [0.05, 0.1) is 6.61 Å². The maximum atomic E-state index is 12.8. The van der Waals surface area contributed by atoms with Crippen molar-refractivity contribution in [3.8, 4) is 5.75 Å². The monoisotopic (exact) mass is 248 g/mol. The summed E-state index contributed by atoms with van der Waals surface area (Å²) >= 11 is 0. The number of hydrogen-bond acceptors (Lipinski definition) is 3. The van der Waals surface area contributed by atoms with Crippen LogP contribution in [0.5, 0.6) is 5.75 Å². The molecule has 0 saturated heterocycles. The molecular weight excluding hydrogens is 235 g/mol. The van der Waals surface area contributed by atoms with E-state index in [1.807, 2.05) is 0 Å². The molecule has 0 aliphatic heterocycles. The number of benzene rings is 1. The summed E-state index contributed by atoms with van der Waals surface area (Å²) in [5, 5.41) is 0. The molecule has 0 aliphatic rings. The molecule has 1 aromatic carbocycles. The molecule has 1 aromatic heterocycles. The quantitative estimate of drug-likeness (QED) is 0.764. The van der Waals surface area contributed by atoms with Crippen LogP contribution in [0.4, 0.5) is 4.39 Å². The van der Waals surface area contributed by atoms with Crippen molar-refractivity contribution in [2.75, 3.05) is 6.61 Å². The Hall–Kier alpha value is -2.17. The maximum Gasteiger partial charge on any atom is 0.231 e. The van der Waals surface area contributed by atoms with E-state index in [0.29, 0.717) is 25.2 Å². The first-order valence-corrected chi connectivity index (χ1v) is 5.65. The van der Waals surface area contributed by atoms with Crippen LogP contribution in [-0.4, -0.2) is 22.1 Å². The Morgan fingerprint density at radius 1 is 1.44 bits per heavy atom. The van der Waals surface area contributed by atoms with E-state index in [9.17, 15) is 9.18 Å². The second kappa shape index (κ2) is 5.95. The number of ether oxygens (including phenoxy) is 1. The molecule has 0 spiro atoms. The standard InChI is InChI=1S/C13H13FN2O2/c14-11-3-1-4-12(9-11)18-8-2-5-13(17)16-7-6-15-10-16/h1,3-4,6-7,9-10H,2,5,8H2. The molecule has 0 amide bonds. The fraction of sp³-hybridized carbons (Fsp3) is 0.231. The lowest BCUT2D eigenvalue weighted by atomic mass is 10.3. The summed E-state index contributed by atoms with van der Waals surface area (Å²) in [5.41, 5.74) is 0. The number of carbonyl (C=O) groups is 1. The third kappa shape index (κ3) is 3.41. The third-order valence-electron chi connectivity index (χ3n) is 2.39. The number of rotatable bonds is 5. The van der Waals surface area contributed by atoms with Gasteiger partial charge in [-0.05, 0) is 18.6 Å². The zero-order valence-electron chi connectivity index (χ0n) is 9.75. The molecule has 0 radical (unpaired) electrons. The van der Waals surface area contributed by atoms with Gasteiger partial charge in [-0.1, -0.05) is 6.07 Å². The predicted octanol–water partition coefficient (Wildman–Crippen LogP) is 2.52. The minimum Gasteiger partial charge on any atom is -0.493 e. The topological polar surface area (TPSA) is 44.1 Å². The Kier molecular flexibility index (Phi) is 4.06. The largest absolute Gasteiger partial charge is 0.493 e. The van der Waals surface area contributed by atoms with Crippen LogP contribution >= 0.6 is 0 Å². The zero-order chi connectivity index (χ0) is 12.8. The Bertz CT molecular complexity index is 511. The summed E-state index contributed by atoms with van der Waals surface area (Å²) in [6.45, 7) is 0.379. The van der Waals surface area contributed by atoms with E-state index >= 15 is 0 Å². The molecule has 0 fully saturated rings. The van der Waals surface area contributed by atoms with Gasteiger partial charge < -0.3 is 4.74 Å². The Morgan fingerprint density at radius 3 is 3.06 bits per heavy atom. The highest BCUT2D eigenvalue weighted by molar-refractivity contribution is 5.78. The van der Waals surface area contributed by atoms with Gasteiger partial charge in [0.15, 0.2) is 0 Å². The molecule has 0 aliphatic carbocycles. The van der Waals surface area contributed by atoms with Crippen LogP contribution in [0.25, 0.3) is 0 Å². The summed E-state index contributed by atoms with van der Waals surface area (Å²) in [6.07, 6.45) is 5.58. The van der Waals surface area contributed by atoms with E-state index in [4.69, 9.17) is 4.74 Å². The van der Waals surface area contributed by atoms with Gasteiger partial charge in [-0.3, -0.25) is 9.36 Å². The summed E-state index contributed by atoms with van der Waals surface area (Å²) in [4.78, 5) is 15.4. The van der Waals surface area contributed by atoms with E-state index in [0.717, 1.165) is 0 Å². The van der Waals surface area contributed by atoms with Crippen molar-refractivity contribution in [3.63, 3.8) is 0 Å². The molecule has 0 saturated carbocycles. The molecule has 4 nitrogen and oxygen atoms in total. The highest BCUT2D eigenvalue weighted by Gasteiger charge is 2.03. The number of halogens is 1. The van der Waals surface area contributed by atoms with E-state index in [1.165, 1.54) is 23.0 Å². The van der Waals surface area contributed by atoms with E-state index < -0.39 is 0 Å². The second-order valence-electron chi connectivity index (χ2n) is 3.77. The van der Waals surface area contributed by atoms with E-state index in [2.05, 4.69) is 4.98 Å². The van der Waals surface area contributed by atoms with Crippen molar-refractivity contribution in [1.82, 2.24) is 9.55 Å². The Labute approximate surface area is 104 Å². The fourth-order valence-electron chi connectivity index (χ4n) is 1.51. The van der Waals surface area contributed by atoms with Gasteiger partial charge in [-0.15, -0.1) is 0 Å². The molecule has 0 bridgehead atoms. The fourth-order valence-corrected chi connectivity index (χ4v) is 1.51. The summed E-state index contributed by atoms with van der Waals surface area (Å²) < 4.78 is 19.6. The van der Waals surface area contributed by atoms with Crippen molar-refractivity contribution >= 4 is 5.91 Å². The lowest BCUT2D eigenvalue weighted by molar-refractivity contribution is 0.0893. The van der Waals surface area contributed by atoms with E-state index in [1.54, 1.807) is 24.5 Å². The minimum atomic E-state index is -0.331. The Balaban J connectivity index is 1.72. The average molecular weight is 248 g/mol. The molecular formula is C13H13FN2O2. The van der Waals surface area contributed by atoms with E-state index in [-0.39, 0.29) is 11.7 Å². The minimum absolute atomic E-state index is 0.0321. The first-order valence-electron chi connectivity index (χ1n) is 5.65. The van der Waals surface area contributed by atoms with Gasteiger partial charge in [0.1, 0.15) is 17.9 Å². The second-order valence-corrected chi connectivity index (χ2v) is 3.77. The van der Waals surface area contributed by atoms with Crippen LogP contribution in [-0.2, 0) is 0 Å². The number of carbonyl (C=O) groups excluding carboxylic acids is 1. The van der Waals surface area contributed by atoms with Crippen LogP contribution in [0.2, 0.25) is 0 Å². The number of imidazole rings is 1. The first-order chi connectivity index (χ1) is 8.75. The first kappa shape index (κ1) is 12.3. The smallest absolute Gasteiger partial charge is 0.231 e. The summed E-state index contributed by atoms with van der Waals surface area (Å²) in [5.74, 6) is 0.113. The molecule has 18 heavy (non-hydrogen) atoms. The van der Waals surface area contributed by atoms with Gasteiger partial charge in [-0.25, -0.2) is 9.37 Å². The summed E-state index contributed by atoms with van der Waals surface area (Å²) in [6, 6.07) is 5.94. The van der Waals surface area contributed by atoms with Gasteiger partial charge in [0, 0.05) is 24.9 Å². The summed E-state index contributed by atoms with van der Waals surface area (Å²) in [7, 11) is 0. The number of hydrogen-bond donors (Lipinski definition) is 0. The third-order valence-corrected chi connectivity index (χ3v) is 2.39. The molecule has 0 N–H and O–H groups in total. The predicted molar refractivity (Wildman–Crippen MR) is 64.0 cm³/mol. The van der Waals surface area contributed by atoms with Crippen molar-refractivity contribution < 1.29 is 13.9 Å². The molecule has 1 heterocycles. The van der Waals surface area contributed by atoms with Crippen LogP contribution in [0.15, 0.2) is 43.0 Å². The van der Waals surface area contributed by atoms with Crippen LogP contribution in [0.3, 0.4) is 0 Å². The van der Waals surface area contributed by atoms with Crippen molar-refractivity contribution in [2.24, 2.45) is 0 Å². The van der Waals surface area contributed by atoms with Crippen molar-refractivity contribution in [3.05, 3.63) is 48.8 Å². The molecule has 5 heteroatoms.